The number of carbonyl (C=O) groups is 1. The van der Waals surface area contributed by atoms with E-state index in [1.54, 1.807) is 0 Å². The fourth-order valence-electron chi connectivity index (χ4n) is 3.82. The van der Waals surface area contributed by atoms with E-state index in [0.717, 1.165) is 29.7 Å². The molecule has 2 aliphatic rings. The van der Waals surface area contributed by atoms with Gasteiger partial charge in [-0.1, -0.05) is 60.3 Å². The number of thioether (sulfide) groups is 2. The molecule has 1 saturated carbocycles. The maximum atomic E-state index is 12.7. The molecule has 1 atom stereocenters. The number of fused-ring (bicyclic) bond motifs is 1. The fraction of sp³-hybridized carbons (Fsp3) is 0.348. The third kappa shape index (κ3) is 4.42. The number of nitrogens with one attached hydrogen (secondary N) is 1. The van der Waals surface area contributed by atoms with Crippen molar-refractivity contribution in [2.24, 2.45) is 0 Å². The summed E-state index contributed by atoms with van der Waals surface area (Å²) in [5.74, 6) is 3.00. The summed E-state index contributed by atoms with van der Waals surface area (Å²) in [5.41, 5.74) is 2.46. The molecule has 1 aliphatic heterocycles. The van der Waals surface area contributed by atoms with Gasteiger partial charge in [0.1, 0.15) is 5.82 Å². The maximum absolute atomic E-state index is 12.7. The van der Waals surface area contributed by atoms with E-state index in [0.29, 0.717) is 11.7 Å². The Balaban J connectivity index is 1.26. The summed E-state index contributed by atoms with van der Waals surface area (Å²) in [6, 6.07) is 18.8. The average molecular weight is 437 g/mol. The van der Waals surface area contributed by atoms with Gasteiger partial charge in [-0.05, 0) is 36.5 Å². The summed E-state index contributed by atoms with van der Waals surface area (Å²) in [6.07, 6.45) is 3.32. The molecule has 0 radical (unpaired) electrons. The Kier molecular flexibility index (Phi) is 5.82. The fourth-order valence-corrected chi connectivity index (χ4v) is 5.70. The van der Waals surface area contributed by atoms with Crippen LogP contribution in [0, 0.1) is 0 Å². The third-order valence-corrected chi connectivity index (χ3v) is 7.59. The smallest absolute Gasteiger partial charge is 0.230 e. The highest BCUT2D eigenvalue weighted by molar-refractivity contribution is 7.99. The van der Waals surface area contributed by atoms with Crippen molar-refractivity contribution in [3.63, 3.8) is 0 Å². The van der Waals surface area contributed by atoms with Gasteiger partial charge in [0.2, 0.25) is 5.91 Å². The highest BCUT2D eigenvalue weighted by Crippen LogP contribution is 2.40. The van der Waals surface area contributed by atoms with Crippen LogP contribution in [-0.2, 0) is 11.3 Å². The SMILES string of the molecule is O=C(CSc1nnc(C2CC2)n1Cc1ccccc1)NC1CCSc2ccccc21. The molecule has 2 aromatic carbocycles. The first-order valence-corrected chi connectivity index (χ1v) is 12.4. The van der Waals surface area contributed by atoms with Gasteiger partial charge in [-0.3, -0.25) is 4.79 Å². The molecular formula is C23H24N4OS2. The van der Waals surface area contributed by atoms with Crippen molar-refractivity contribution in [3.8, 4) is 0 Å². The molecule has 30 heavy (non-hydrogen) atoms. The lowest BCUT2D eigenvalue weighted by molar-refractivity contribution is -0.119. The highest BCUT2D eigenvalue weighted by Gasteiger charge is 2.30. The minimum atomic E-state index is 0.0499. The molecule has 1 N–H and O–H groups in total. The summed E-state index contributed by atoms with van der Waals surface area (Å²) < 4.78 is 2.19. The maximum Gasteiger partial charge on any atom is 0.230 e. The predicted octanol–water partition coefficient (Wildman–Crippen LogP) is 4.65. The van der Waals surface area contributed by atoms with Gasteiger partial charge in [-0.2, -0.15) is 0 Å². The van der Waals surface area contributed by atoms with Gasteiger partial charge in [0.05, 0.1) is 18.3 Å². The summed E-state index contributed by atoms with van der Waals surface area (Å²) >= 11 is 3.35. The lowest BCUT2D eigenvalue weighted by Gasteiger charge is -2.25. The summed E-state index contributed by atoms with van der Waals surface area (Å²) in [5, 5.41) is 12.9. The van der Waals surface area contributed by atoms with Crippen LogP contribution in [0.5, 0.6) is 0 Å². The first-order valence-electron chi connectivity index (χ1n) is 10.4. The van der Waals surface area contributed by atoms with Crippen molar-refractivity contribution >= 4 is 29.4 Å². The van der Waals surface area contributed by atoms with Gasteiger partial charge in [0.15, 0.2) is 5.16 Å². The molecule has 1 amide bonds. The van der Waals surface area contributed by atoms with Crippen molar-refractivity contribution in [2.45, 2.75) is 47.8 Å². The lowest BCUT2D eigenvalue weighted by Crippen LogP contribution is -2.32. The van der Waals surface area contributed by atoms with Gasteiger partial charge in [0.25, 0.3) is 0 Å². The van der Waals surface area contributed by atoms with E-state index >= 15 is 0 Å². The number of aromatic nitrogens is 3. The van der Waals surface area contributed by atoms with Crippen LogP contribution < -0.4 is 5.32 Å². The topological polar surface area (TPSA) is 59.8 Å². The van der Waals surface area contributed by atoms with E-state index in [1.165, 1.54) is 40.6 Å². The number of nitrogens with zero attached hydrogens (tertiary/aromatic N) is 3. The standard InChI is InChI=1S/C23H24N4OS2/c28-21(24-19-12-13-29-20-9-5-4-8-18(19)20)15-30-23-26-25-22(17-10-11-17)27(23)14-16-6-2-1-3-7-16/h1-9,17,19H,10-15H2,(H,24,28). The van der Waals surface area contributed by atoms with E-state index in [1.807, 2.05) is 23.9 Å². The molecule has 7 heteroatoms. The molecule has 1 aromatic heterocycles. The number of hydrogen-bond donors (Lipinski definition) is 1. The molecule has 154 valence electrons. The van der Waals surface area contributed by atoms with E-state index < -0.39 is 0 Å². The molecule has 1 fully saturated rings. The van der Waals surface area contributed by atoms with Crippen LogP contribution in [0.1, 0.15) is 48.2 Å². The number of amides is 1. The summed E-state index contributed by atoms with van der Waals surface area (Å²) in [7, 11) is 0. The van der Waals surface area contributed by atoms with Crippen LogP contribution >= 0.6 is 23.5 Å². The van der Waals surface area contributed by atoms with Gasteiger partial charge in [0, 0.05) is 16.6 Å². The second-order valence-electron chi connectivity index (χ2n) is 7.77. The van der Waals surface area contributed by atoms with E-state index in [2.05, 4.69) is 62.5 Å². The van der Waals surface area contributed by atoms with Crippen LogP contribution in [0.3, 0.4) is 0 Å². The second kappa shape index (κ2) is 8.86. The predicted molar refractivity (Wildman–Crippen MR) is 121 cm³/mol. The van der Waals surface area contributed by atoms with E-state index in [9.17, 15) is 4.79 Å². The number of benzene rings is 2. The van der Waals surface area contributed by atoms with Gasteiger partial charge in [-0.25, -0.2) is 0 Å². The zero-order valence-corrected chi connectivity index (χ0v) is 18.3. The molecule has 3 aromatic rings. The molecule has 0 bridgehead atoms. The monoisotopic (exact) mass is 436 g/mol. The average Bonchev–Trinajstić information content (AvgIpc) is 3.55. The third-order valence-electron chi connectivity index (χ3n) is 5.50. The van der Waals surface area contributed by atoms with Crippen LogP contribution in [0.25, 0.3) is 0 Å². The molecular weight excluding hydrogens is 412 g/mol. The van der Waals surface area contributed by atoms with Gasteiger partial charge >= 0.3 is 0 Å². The normalized spacial score (nSPS) is 18.1. The zero-order valence-electron chi connectivity index (χ0n) is 16.7. The minimum absolute atomic E-state index is 0.0499. The van der Waals surface area contributed by atoms with Crippen molar-refractivity contribution in [1.29, 1.82) is 0 Å². The number of hydrogen-bond acceptors (Lipinski definition) is 5. The first-order chi connectivity index (χ1) is 14.8. The summed E-state index contributed by atoms with van der Waals surface area (Å²) in [4.78, 5) is 14.0. The van der Waals surface area contributed by atoms with E-state index in [4.69, 9.17) is 0 Å². The Morgan fingerprint density at radius 1 is 1.07 bits per heavy atom. The molecule has 1 unspecified atom stereocenters. The molecule has 5 nitrogen and oxygen atoms in total. The van der Waals surface area contributed by atoms with Gasteiger partial charge < -0.3 is 9.88 Å². The lowest BCUT2D eigenvalue weighted by atomic mass is 10.0. The largest absolute Gasteiger partial charge is 0.348 e. The molecule has 0 saturated heterocycles. The minimum Gasteiger partial charge on any atom is -0.348 e. The second-order valence-corrected chi connectivity index (χ2v) is 9.85. The Morgan fingerprint density at radius 2 is 1.87 bits per heavy atom. The van der Waals surface area contributed by atoms with Crippen LogP contribution in [0.15, 0.2) is 64.6 Å². The Bertz CT molecular complexity index is 1030. The highest BCUT2D eigenvalue weighted by atomic mass is 32.2. The van der Waals surface area contributed by atoms with Crippen molar-refractivity contribution < 1.29 is 4.79 Å². The molecule has 5 rings (SSSR count). The van der Waals surface area contributed by atoms with Crippen molar-refractivity contribution in [1.82, 2.24) is 20.1 Å². The Hall–Kier alpha value is -2.25. The zero-order chi connectivity index (χ0) is 20.3. The summed E-state index contributed by atoms with van der Waals surface area (Å²) in [6.45, 7) is 0.747. The quantitative estimate of drug-likeness (QED) is 0.547. The molecule has 1 aliphatic carbocycles. The Labute approximate surface area is 185 Å². The van der Waals surface area contributed by atoms with Crippen molar-refractivity contribution in [2.75, 3.05) is 11.5 Å². The van der Waals surface area contributed by atoms with Crippen LogP contribution in [0.2, 0.25) is 0 Å². The molecule has 2 heterocycles. The van der Waals surface area contributed by atoms with Crippen molar-refractivity contribution in [3.05, 3.63) is 71.5 Å². The Morgan fingerprint density at radius 3 is 2.70 bits per heavy atom. The van der Waals surface area contributed by atoms with Crippen LogP contribution in [0.4, 0.5) is 0 Å². The number of rotatable bonds is 7. The first kappa shape index (κ1) is 19.7. The number of carbonyl (C=O) groups excluding carboxylic acids is 1. The molecule has 0 spiro atoms. The van der Waals surface area contributed by atoms with E-state index in [-0.39, 0.29) is 11.9 Å². The van der Waals surface area contributed by atoms with Crippen LogP contribution in [-0.4, -0.2) is 32.2 Å². The van der Waals surface area contributed by atoms with Gasteiger partial charge in [-0.15, -0.1) is 22.0 Å².